The third kappa shape index (κ3) is 4.00. The minimum Gasteiger partial charge on any atom is -0.396 e. The number of rotatable bonds is 6. The average Bonchev–Trinajstić information content (AvgIpc) is 3.24. The quantitative estimate of drug-likeness (QED) is 0.847. The van der Waals surface area contributed by atoms with Gasteiger partial charge in [0, 0.05) is 18.6 Å². The molecule has 22 heavy (non-hydrogen) atoms. The van der Waals surface area contributed by atoms with E-state index < -0.39 is 11.7 Å². The molecule has 1 fully saturated rings. The van der Waals surface area contributed by atoms with Crippen LogP contribution >= 0.6 is 0 Å². The number of aliphatic hydroxyl groups excluding tert-OH is 1. The zero-order valence-electron chi connectivity index (χ0n) is 12.4. The molecule has 0 aliphatic heterocycles. The number of hydrogen-bond donors (Lipinski definition) is 2. The maximum Gasteiger partial charge on any atom is 0.416 e. The highest BCUT2D eigenvalue weighted by molar-refractivity contribution is 5.83. The van der Waals surface area contributed by atoms with Gasteiger partial charge in [0.2, 0.25) is 5.91 Å². The van der Waals surface area contributed by atoms with Gasteiger partial charge in [-0.25, -0.2) is 0 Å². The van der Waals surface area contributed by atoms with Crippen LogP contribution in [0.15, 0.2) is 24.3 Å². The molecule has 1 saturated carbocycles. The van der Waals surface area contributed by atoms with Crippen molar-refractivity contribution >= 4 is 5.91 Å². The predicted octanol–water partition coefficient (Wildman–Crippen LogP) is 3.09. The number of carbonyl (C=O) groups excluding carboxylic acids is 1. The normalized spacial score (nSPS) is 22.2. The van der Waals surface area contributed by atoms with E-state index in [2.05, 4.69) is 5.32 Å². The van der Waals surface area contributed by atoms with E-state index in [4.69, 9.17) is 5.11 Å². The van der Waals surface area contributed by atoms with Crippen LogP contribution in [0.1, 0.15) is 43.2 Å². The highest BCUT2D eigenvalue weighted by Crippen LogP contribution is 2.51. The highest BCUT2D eigenvalue weighted by atomic mass is 19.4. The van der Waals surface area contributed by atoms with Gasteiger partial charge >= 0.3 is 6.18 Å². The van der Waals surface area contributed by atoms with Crippen molar-refractivity contribution in [3.05, 3.63) is 35.4 Å². The predicted molar refractivity (Wildman–Crippen MR) is 76.2 cm³/mol. The number of nitrogens with one attached hydrogen (secondary N) is 1. The molecule has 2 rings (SSSR count). The summed E-state index contributed by atoms with van der Waals surface area (Å²) in [5.74, 6) is -0.949. The Morgan fingerprint density at radius 1 is 1.41 bits per heavy atom. The molecule has 2 N–H and O–H groups in total. The van der Waals surface area contributed by atoms with Crippen molar-refractivity contribution in [3.63, 3.8) is 0 Å². The Morgan fingerprint density at radius 3 is 2.73 bits per heavy atom. The third-order valence-electron chi connectivity index (χ3n) is 3.98. The smallest absolute Gasteiger partial charge is 0.396 e. The molecule has 0 radical (unpaired) electrons. The monoisotopic (exact) mass is 315 g/mol. The van der Waals surface area contributed by atoms with Crippen LogP contribution in [-0.4, -0.2) is 23.7 Å². The van der Waals surface area contributed by atoms with Crippen molar-refractivity contribution in [3.8, 4) is 0 Å². The Balaban J connectivity index is 1.99. The summed E-state index contributed by atoms with van der Waals surface area (Å²) in [7, 11) is 0. The maximum absolute atomic E-state index is 13.0. The van der Waals surface area contributed by atoms with Crippen molar-refractivity contribution in [2.45, 2.75) is 44.3 Å². The fourth-order valence-corrected chi connectivity index (χ4v) is 2.73. The van der Waals surface area contributed by atoms with E-state index in [0.29, 0.717) is 19.3 Å². The average molecular weight is 315 g/mol. The van der Waals surface area contributed by atoms with Crippen LogP contribution in [0.5, 0.6) is 0 Å². The summed E-state index contributed by atoms with van der Waals surface area (Å²) in [6.45, 7) is 1.89. The molecule has 1 aromatic carbocycles. The van der Waals surface area contributed by atoms with Gasteiger partial charge in [0.25, 0.3) is 0 Å². The number of alkyl halides is 3. The van der Waals surface area contributed by atoms with E-state index in [1.165, 1.54) is 12.1 Å². The molecular formula is C16H20F3NO2. The topological polar surface area (TPSA) is 49.3 Å². The van der Waals surface area contributed by atoms with Crippen LogP contribution in [0.3, 0.4) is 0 Å². The van der Waals surface area contributed by atoms with E-state index in [1.54, 1.807) is 6.07 Å². The molecule has 0 aromatic heterocycles. The number of carbonyl (C=O) groups is 1. The van der Waals surface area contributed by atoms with Gasteiger partial charge in [0.15, 0.2) is 0 Å². The lowest BCUT2D eigenvalue weighted by atomic mass is 10.0. The molecule has 1 aliphatic carbocycles. The fraction of sp³-hybridized carbons (Fsp3) is 0.562. The molecule has 0 bridgehead atoms. The lowest BCUT2D eigenvalue weighted by Crippen LogP contribution is -2.34. The van der Waals surface area contributed by atoms with Gasteiger partial charge in [-0.2, -0.15) is 13.2 Å². The van der Waals surface area contributed by atoms with E-state index in [1.807, 2.05) is 6.92 Å². The molecule has 1 aromatic rings. The second-order valence-corrected chi connectivity index (χ2v) is 5.81. The summed E-state index contributed by atoms with van der Waals surface area (Å²) in [5, 5.41) is 11.6. The molecule has 3 atom stereocenters. The van der Waals surface area contributed by atoms with Crippen molar-refractivity contribution < 1.29 is 23.1 Å². The minimum absolute atomic E-state index is 0.0607. The molecule has 3 unspecified atom stereocenters. The Kier molecular flexibility index (Phi) is 5.11. The van der Waals surface area contributed by atoms with Gasteiger partial charge in [-0.15, -0.1) is 0 Å². The molecule has 6 heteroatoms. The van der Waals surface area contributed by atoms with Crippen LogP contribution in [-0.2, 0) is 11.0 Å². The number of halogens is 3. The summed E-state index contributed by atoms with van der Waals surface area (Å²) >= 11 is 0. The SMILES string of the molecule is CC(CCCO)NC(=O)C1CC1c1ccccc1C(F)(F)F. The van der Waals surface area contributed by atoms with Gasteiger partial charge in [-0.05, 0) is 43.7 Å². The summed E-state index contributed by atoms with van der Waals surface area (Å²) < 4.78 is 39.0. The summed E-state index contributed by atoms with van der Waals surface area (Å²) in [6.07, 6.45) is -2.70. The molecule has 0 spiro atoms. The Morgan fingerprint density at radius 2 is 2.09 bits per heavy atom. The van der Waals surface area contributed by atoms with E-state index in [0.717, 1.165) is 6.07 Å². The Hall–Kier alpha value is -1.56. The Bertz CT molecular complexity index is 530. The van der Waals surface area contributed by atoms with Crippen LogP contribution in [0.2, 0.25) is 0 Å². The zero-order valence-corrected chi connectivity index (χ0v) is 12.4. The van der Waals surface area contributed by atoms with Crippen LogP contribution < -0.4 is 5.32 Å². The first kappa shape index (κ1) is 16.8. The fourth-order valence-electron chi connectivity index (χ4n) is 2.73. The first-order valence-electron chi connectivity index (χ1n) is 7.42. The molecule has 122 valence electrons. The van der Waals surface area contributed by atoms with E-state index in [9.17, 15) is 18.0 Å². The van der Waals surface area contributed by atoms with Crippen molar-refractivity contribution in [1.29, 1.82) is 0 Å². The van der Waals surface area contributed by atoms with Crippen molar-refractivity contribution in [2.24, 2.45) is 5.92 Å². The third-order valence-corrected chi connectivity index (χ3v) is 3.98. The van der Waals surface area contributed by atoms with Crippen molar-refractivity contribution in [2.75, 3.05) is 6.61 Å². The minimum atomic E-state index is -4.39. The molecule has 1 aliphatic rings. The molecular weight excluding hydrogens is 295 g/mol. The highest BCUT2D eigenvalue weighted by Gasteiger charge is 2.47. The zero-order chi connectivity index (χ0) is 16.3. The van der Waals surface area contributed by atoms with E-state index >= 15 is 0 Å². The lowest BCUT2D eigenvalue weighted by Gasteiger charge is -2.14. The molecule has 0 heterocycles. The van der Waals surface area contributed by atoms with Crippen LogP contribution in [0.4, 0.5) is 13.2 Å². The Labute approximate surface area is 127 Å². The van der Waals surface area contributed by atoms with Gasteiger partial charge in [-0.3, -0.25) is 4.79 Å². The van der Waals surface area contributed by atoms with Crippen molar-refractivity contribution in [1.82, 2.24) is 5.32 Å². The van der Waals surface area contributed by atoms with Gasteiger partial charge < -0.3 is 10.4 Å². The van der Waals surface area contributed by atoms with Crippen LogP contribution in [0, 0.1) is 5.92 Å². The second-order valence-electron chi connectivity index (χ2n) is 5.81. The first-order chi connectivity index (χ1) is 10.3. The summed E-state index contributed by atoms with van der Waals surface area (Å²) in [5.41, 5.74) is -0.443. The molecule has 3 nitrogen and oxygen atoms in total. The number of amides is 1. The molecule has 1 amide bonds. The summed E-state index contributed by atoms with van der Waals surface area (Å²) in [6, 6.07) is 5.36. The van der Waals surface area contributed by atoms with Gasteiger partial charge in [-0.1, -0.05) is 18.2 Å². The largest absolute Gasteiger partial charge is 0.416 e. The molecule has 0 saturated heterocycles. The number of aliphatic hydroxyl groups is 1. The van der Waals surface area contributed by atoms with E-state index in [-0.39, 0.29) is 36.0 Å². The second kappa shape index (κ2) is 6.69. The maximum atomic E-state index is 13.0. The van der Waals surface area contributed by atoms with Gasteiger partial charge in [0.05, 0.1) is 5.56 Å². The van der Waals surface area contributed by atoms with Crippen LogP contribution in [0.25, 0.3) is 0 Å². The first-order valence-corrected chi connectivity index (χ1v) is 7.42. The summed E-state index contributed by atoms with van der Waals surface area (Å²) in [4.78, 5) is 12.1. The number of benzene rings is 1. The van der Waals surface area contributed by atoms with Gasteiger partial charge in [0.1, 0.15) is 0 Å². The lowest BCUT2D eigenvalue weighted by molar-refractivity contribution is -0.138. The number of hydrogen-bond acceptors (Lipinski definition) is 2. The standard InChI is InChI=1S/C16H20F3NO2/c1-10(5-4-8-21)20-15(22)13-9-12(13)11-6-2-3-7-14(11)16(17,18)19/h2-3,6-7,10,12-13,21H,4-5,8-9H2,1H3,(H,20,22).